The van der Waals surface area contributed by atoms with Crippen molar-refractivity contribution in [2.45, 2.75) is 122 Å². The Bertz CT molecular complexity index is 810. The average Bonchev–Trinajstić information content (AvgIpc) is 3.00. The number of aliphatic carboxylic acids is 2. The number of hydrogen-bond donors (Lipinski definition) is 4. The molecule has 13 nitrogen and oxygen atoms in total. The molecule has 0 bridgehead atoms. The lowest BCUT2D eigenvalue weighted by Gasteiger charge is -2.13. The van der Waals surface area contributed by atoms with Gasteiger partial charge in [-0.05, 0) is 26.2 Å². The van der Waals surface area contributed by atoms with E-state index in [4.69, 9.17) is 29.2 Å². The van der Waals surface area contributed by atoms with E-state index in [0.29, 0.717) is 52.6 Å². The third-order valence-corrected chi connectivity index (χ3v) is 7.12. The SMILES string of the molecule is CC(=O)CC[C@H](NC(=O)CCOCCOCCOCCOCCNC(=O)CCCCCCCCCCCCCCC(=O)O)C(=O)O. The number of carboxylic acids is 2. The second kappa shape index (κ2) is 32.3. The number of hydrogen-bond acceptors (Lipinski definition) is 9. The van der Waals surface area contributed by atoms with Crippen LogP contribution in [0.3, 0.4) is 0 Å². The number of carbonyl (C=O) groups is 5. The zero-order valence-corrected chi connectivity index (χ0v) is 28.0. The molecule has 1 atom stereocenters. The first-order chi connectivity index (χ1) is 22.2. The molecule has 0 saturated carbocycles. The molecule has 0 spiro atoms. The molecule has 0 unspecified atom stereocenters. The number of Topliss-reactive ketones (excluding diaryl/α,β-unsaturated/α-hetero) is 1. The van der Waals surface area contributed by atoms with Gasteiger partial charge >= 0.3 is 11.9 Å². The molecule has 46 heavy (non-hydrogen) atoms. The van der Waals surface area contributed by atoms with Crippen molar-refractivity contribution in [2.24, 2.45) is 0 Å². The lowest BCUT2D eigenvalue weighted by atomic mass is 10.0. The van der Waals surface area contributed by atoms with E-state index in [1.54, 1.807) is 0 Å². The van der Waals surface area contributed by atoms with Crippen LogP contribution in [0.2, 0.25) is 0 Å². The summed E-state index contributed by atoms with van der Waals surface area (Å²) in [4.78, 5) is 56.4. The molecular weight excluding hydrogens is 600 g/mol. The largest absolute Gasteiger partial charge is 0.481 e. The minimum atomic E-state index is -1.17. The molecule has 0 radical (unpaired) electrons. The van der Waals surface area contributed by atoms with Gasteiger partial charge in [-0.3, -0.25) is 14.4 Å². The Morgan fingerprint density at radius 1 is 0.522 bits per heavy atom. The van der Waals surface area contributed by atoms with Crippen LogP contribution >= 0.6 is 0 Å². The van der Waals surface area contributed by atoms with E-state index >= 15 is 0 Å². The summed E-state index contributed by atoms with van der Waals surface area (Å²) in [5.41, 5.74) is 0. The summed E-state index contributed by atoms with van der Waals surface area (Å²) in [6.07, 6.45) is 14.4. The number of carboxylic acid groups (broad SMARTS) is 2. The van der Waals surface area contributed by atoms with E-state index in [9.17, 15) is 24.0 Å². The maximum Gasteiger partial charge on any atom is 0.326 e. The van der Waals surface area contributed by atoms with E-state index in [-0.39, 0.29) is 50.6 Å². The molecule has 0 aromatic heterocycles. The van der Waals surface area contributed by atoms with Crippen molar-refractivity contribution in [1.29, 1.82) is 0 Å². The summed E-state index contributed by atoms with van der Waals surface area (Å²) in [5.74, 6) is -2.40. The predicted octanol–water partition coefficient (Wildman–Crippen LogP) is 4.04. The number of unbranched alkanes of at least 4 members (excludes halogenated alkanes) is 11. The van der Waals surface area contributed by atoms with Crippen LogP contribution in [0, 0.1) is 0 Å². The first-order valence-corrected chi connectivity index (χ1v) is 17.0. The fourth-order valence-electron chi connectivity index (χ4n) is 4.48. The van der Waals surface area contributed by atoms with Crippen LogP contribution in [-0.4, -0.2) is 105 Å². The molecule has 0 rings (SSSR count). The summed E-state index contributed by atoms with van der Waals surface area (Å²) >= 11 is 0. The Labute approximate surface area is 274 Å². The maximum atomic E-state index is 11.9. The number of carbonyl (C=O) groups excluding carboxylic acids is 3. The van der Waals surface area contributed by atoms with Crippen LogP contribution < -0.4 is 10.6 Å². The molecule has 4 N–H and O–H groups in total. The van der Waals surface area contributed by atoms with Crippen LogP contribution in [0.15, 0.2) is 0 Å². The van der Waals surface area contributed by atoms with Crippen LogP contribution in [-0.2, 0) is 42.9 Å². The van der Waals surface area contributed by atoms with E-state index in [0.717, 1.165) is 38.5 Å². The Balaban J connectivity index is 3.35. The van der Waals surface area contributed by atoms with Crippen LogP contribution in [0.5, 0.6) is 0 Å². The van der Waals surface area contributed by atoms with Crippen molar-refractivity contribution in [3.05, 3.63) is 0 Å². The molecule has 13 heteroatoms. The summed E-state index contributed by atoms with van der Waals surface area (Å²) < 4.78 is 21.6. The molecule has 268 valence electrons. The smallest absolute Gasteiger partial charge is 0.326 e. The van der Waals surface area contributed by atoms with Gasteiger partial charge in [0.05, 0.1) is 52.9 Å². The van der Waals surface area contributed by atoms with E-state index in [2.05, 4.69) is 10.6 Å². The van der Waals surface area contributed by atoms with Gasteiger partial charge in [-0.1, -0.05) is 64.2 Å². The van der Waals surface area contributed by atoms with Gasteiger partial charge in [0.25, 0.3) is 0 Å². The third-order valence-electron chi connectivity index (χ3n) is 7.12. The molecular formula is C33H60N2O11. The van der Waals surface area contributed by atoms with Crippen molar-refractivity contribution in [1.82, 2.24) is 10.6 Å². The second-order valence-corrected chi connectivity index (χ2v) is 11.4. The van der Waals surface area contributed by atoms with E-state index in [1.807, 2.05) is 0 Å². The highest BCUT2D eigenvalue weighted by atomic mass is 16.6. The number of rotatable bonds is 35. The first kappa shape index (κ1) is 43.4. The minimum absolute atomic E-state index is 0.0145. The summed E-state index contributed by atoms with van der Waals surface area (Å²) in [7, 11) is 0. The lowest BCUT2D eigenvalue weighted by Crippen LogP contribution is -2.41. The predicted molar refractivity (Wildman–Crippen MR) is 173 cm³/mol. The Morgan fingerprint density at radius 2 is 0.957 bits per heavy atom. The topological polar surface area (TPSA) is 187 Å². The molecule has 0 heterocycles. The third kappa shape index (κ3) is 32.8. The van der Waals surface area contributed by atoms with Crippen molar-refractivity contribution >= 4 is 29.5 Å². The number of ketones is 1. The highest BCUT2D eigenvalue weighted by molar-refractivity contribution is 5.84. The zero-order valence-electron chi connectivity index (χ0n) is 28.0. The highest BCUT2D eigenvalue weighted by Crippen LogP contribution is 2.13. The fourth-order valence-corrected chi connectivity index (χ4v) is 4.48. The molecule has 0 aliphatic carbocycles. The fraction of sp³-hybridized carbons (Fsp3) is 0.848. The summed E-state index contributed by atoms with van der Waals surface area (Å²) in [5, 5.41) is 23.0. The normalized spacial score (nSPS) is 11.7. The Morgan fingerprint density at radius 3 is 1.41 bits per heavy atom. The van der Waals surface area contributed by atoms with Gasteiger partial charge in [0, 0.05) is 32.2 Å². The van der Waals surface area contributed by atoms with Crippen LogP contribution in [0.25, 0.3) is 0 Å². The minimum Gasteiger partial charge on any atom is -0.481 e. The molecule has 0 aromatic carbocycles. The first-order valence-electron chi connectivity index (χ1n) is 17.0. The Kier molecular flexibility index (Phi) is 30.5. The van der Waals surface area contributed by atoms with Crippen molar-refractivity contribution in [3.8, 4) is 0 Å². The number of ether oxygens (including phenoxy) is 4. The van der Waals surface area contributed by atoms with Crippen LogP contribution in [0.1, 0.15) is 116 Å². The van der Waals surface area contributed by atoms with Gasteiger partial charge in [-0.15, -0.1) is 0 Å². The van der Waals surface area contributed by atoms with Crippen molar-refractivity contribution in [3.63, 3.8) is 0 Å². The molecule has 0 fully saturated rings. The Hall–Kier alpha value is -2.61. The second-order valence-electron chi connectivity index (χ2n) is 11.4. The highest BCUT2D eigenvalue weighted by Gasteiger charge is 2.20. The van der Waals surface area contributed by atoms with E-state index in [1.165, 1.54) is 45.4 Å². The van der Waals surface area contributed by atoms with Gasteiger partial charge < -0.3 is 44.6 Å². The van der Waals surface area contributed by atoms with Gasteiger partial charge in [0.15, 0.2) is 0 Å². The molecule has 0 aliphatic rings. The number of amides is 2. The average molecular weight is 661 g/mol. The lowest BCUT2D eigenvalue weighted by molar-refractivity contribution is -0.142. The summed E-state index contributed by atoms with van der Waals surface area (Å²) in [6, 6.07) is -1.09. The van der Waals surface area contributed by atoms with Gasteiger partial charge in [-0.2, -0.15) is 0 Å². The standard InChI is InChI=1S/C33H60N2O11/c1-28(36)16-17-29(33(41)42)35-31(38)18-20-43-22-24-45-26-27-46-25-23-44-21-19-34-30(37)14-12-10-8-6-4-2-3-5-7-9-11-13-15-32(39)40/h29H,2-27H2,1H3,(H,34,37)(H,35,38)(H,39,40)(H,41,42)/t29-/m0/s1. The molecule has 0 aromatic rings. The molecule has 0 saturated heterocycles. The molecule has 2 amide bonds. The van der Waals surface area contributed by atoms with Gasteiger partial charge in [0.2, 0.25) is 11.8 Å². The van der Waals surface area contributed by atoms with Crippen molar-refractivity contribution < 1.29 is 53.1 Å². The van der Waals surface area contributed by atoms with Gasteiger partial charge in [0.1, 0.15) is 11.8 Å². The quantitative estimate of drug-likeness (QED) is 0.0719. The summed E-state index contributed by atoms with van der Waals surface area (Å²) in [6.45, 7) is 4.65. The zero-order chi connectivity index (χ0) is 34.1. The maximum absolute atomic E-state index is 11.9. The molecule has 0 aliphatic heterocycles. The van der Waals surface area contributed by atoms with Crippen molar-refractivity contribution in [2.75, 3.05) is 59.4 Å². The monoisotopic (exact) mass is 660 g/mol. The van der Waals surface area contributed by atoms with E-state index < -0.39 is 23.9 Å². The van der Waals surface area contributed by atoms with Gasteiger partial charge in [-0.25, -0.2) is 4.79 Å². The number of nitrogens with one attached hydrogen (secondary N) is 2. The van der Waals surface area contributed by atoms with Crippen LogP contribution in [0.4, 0.5) is 0 Å².